The van der Waals surface area contributed by atoms with Gasteiger partial charge in [-0.05, 0) is 38.0 Å². The van der Waals surface area contributed by atoms with Crippen molar-refractivity contribution in [2.75, 3.05) is 11.4 Å². The monoisotopic (exact) mass is 245 g/mol. The summed E-state index contributed by atoms with van der Waals surface area (Å²) in [5.41, 5.74) is 1.75. The molecule has 1 atom stereocenters. The van der Waals surface area contributed by atoms with Crippen molar-refractivity contribution in [1.82, 2.24) is 0 Å². The van der Waals surface area contributed by atoms with Crippen LogP contribution < -0.4 is 4.90 Å². The maximum absolute atomic E-state index is 10.9. The van der Waals surface area contributed by atoms with Crippen molar-refractivity contribution >= 4 is 22.6 Å². The zero-order chi connectivity index (χ0) is 12.7. The maximum atomic E-state index is 10.9. The number of carbonyl (C=O) groups is 1. The molecule has 1 aromatic carbocycles. The first kappa shape index (κ1) is 11.1. The summed E-state index contributed by atoms with van der Waals surface area (Å²) in [6.45, 7) is 3.27. The van der Waals surface area contributed by atoms with E-state index in [1.165, 1.54) is 12.8 Å². The minimum Gasteiger partial charge on any atom is -0.475 e. The molecule has 0 saturated carbocycles. The molecule has 0 radical (unpaired) electrons. The molecule has 2 heterocycles. The normalized spacial score (nSPS) is 19.6. The summed E-state index contributed by atoms with van der Waals surface area (Å²) in [6, 6.07) is 7.99. The van der Waals surface area contributed by atoms with Gasteiger partial charge in [-0.25, -0.2) is 4.79 Å². The van der Waals surface area contributed by atoms with Crippen LogP contribution in [0, 0.1) is 0 Å². The Morgan fingerprint density at radius 3 is 2.94 bits per heavy atom. The molecule has 0 amide bonds. The van der Waals surface area contributed by atoms with Crippen molar-refractivity contribution in [2.24, 2.45) is 0 Å². The highest BCUT2D eigenvalue weighted by Gasteiger charge is 2.21. The van der Waals surface area contributed by atoms with Crippen LogP contribution in [0.15, 0.2) is 28.7 Å². The fourth-order valence-electron chi connectivity index (χ4n) is 2.62. The molecule has 1 aliphatic heterocycles. The highest BCUT2D eigenvalue weighted by Crippen LogP contribution is 2.29. The topological polar surface area (TPSA) is 53.7 Å². The van der Waals surface area contributed by atoms with E-state index in [0.29, 0.717) is 11.6 Å². The van der Waals surface area contributed by atoms with Crippen molar-refractivity contribution in [3.63, 3.8) is 0 Å². The number of carboxylic acids is 1. The number of aromatic carboxylic acids is 1. The van der Waals surface area contributed by atoms with Gasteiger partial charge in [-0.1, -0.05) is 0 Å². The Labute approximate surface area is 105 Å². The highest BCUT2D eigenvalue weighted by atomic mass is 16.4. The molecule has 1 aromatic heterocycles. The zero-order valence-corrected chi connectivity index (χ0v) is 10.2. The first-order valence-corrected chi connectivity index (χ1v) is 6.18. The molecule has 0 bridgehead atoms. The van der Waals surface area contributed by atoms with Crippen molar-refractivity contribution in [1.29, 1.82) is 0 Å². The summed E-state index contributed by atoms with van der Waals surface area (Å²) < 4.78 is 5.34. The molecule has 1 unspecified atom stereocenters. The Hall–Kier alpha value is -1.97. The van der Waals surface area contributed by atoms with E-state index in [1.807, 2.05) is 18.2 Å². The number of benzene rings is 1. The Balaban J connectivity index is 2.02. The molecule has 0 spiro atoms. The predicted molar refractivity (Wildman–Crippen MR) is 69.2 cm³/mol. The van der Waals surface area contributed by atoms with E-state index >= 15 is 0 Å². The lowest BCUT2D eigenvalue weighted by atomic mass is 10.2. The second kappa shape index (κ2) is 4.05. The lowest BCUT2D eigenvalue weighted by molar-refractivity contribution is 0.0665. The summed E-state index contributed by atoms with van der Waals surface area (Å²) in [4.78, 5) is 13.2. The summed E-state index contributed by atoms with van der Waals surface area (Å²) in [5, 5.41) is 9.74. The summed E-state index contributed by atoms with van der Waals surface area (Å²) in [5.74, 6) is -1.03. The largest absolute Gasteiger partial charge is 0.475 e. The van der Waals surface area contributed by atoms with E-state index in [4.69, 9.17) is 9.52 Å². The van der Waals surface area contributed by atoms with Gasteiger partial charge in [-0.2, -0.15) is 0 Å². The highest BCUT2D eigenvalue weighted by molar-refractivity contribution is 5.92. The van der Waals surface area contributed by atoms with E-state index < -0.39 is 5.97 Å². The molecule has 0 aliphatic carbocycles. The molecule has 4 heteroatoms. The number of hydrogen-bond donors (Lipinski definition) is 1. The third-order valence-electron chi connectivity index (χ3n) is 3.60. The minimum absolute atomic E-state index is 0.00313. The van der Waals surface area contributed by atoms with Crippen molar-refractivity contribution in [3.8, 4) is 0 Å². The van der Waals surface area contributed by atoms with Crippen LogP contribution >= 0.6 is 0 Å². The summed E-state index contributed by atoms with van der Waals surface area (Å²) in [7, 11) is 0. The fourth-order valence-corrected chi connectivity index (χ4v) is 2.62. The maximum Gasteiger partial charge on any atom is 0.371 e. The van der Waals surface area contributed by atoms with E-state index in [9.17, 15) is 4.79 Å². The molecule has 1 N–H and O–H groups in total. The fraction of sp³-hybridized carbons (Fsp3) is 0.357. The summed E-state index contributed by atoms with van der Waals surface area (Å²) in [6.07, 6.45) is 2.41. The predicted octanol–water partition coefficient (Wildman–Crippen LogP) is 3.12. The van der Waals surface area contributed by atoms with Gasteiger partial charge >= 0.3 is 5.97 Å². The molecule has 94 valence electrons. The molecule has 1 saturated heterocycles. The molecular formula is C14H15NO3. The van der Waals surface area contributed by atoms with Crippen LogP contribution in [0.4, 0.5) is 5.69 Å². The first-order chi connectivity index (χ1) is 8.65. The molecule has 4 nitrogen and oxygen atoms in total. The SMILES string of the molecule is CC1CCCN1c1ccc2cc(C(=O)O)oc2c1. The summed E-state index contributed by atoms with van der Waals surface area (Å²) >= 11 is 0. The minimum atomic E-state index is -1.03. The third kappa shape index (κ3) is 1.74. The number of furan rings is 1. The molecule has 2 aromatic rings. The number of carboxylic acid groups (broad SMARTS) is 1. The molecule has 1 fully saturated rings. The smallest absolute Gasteiger partial charge is 0.371 e. The van der Waals surface area contributed by atoms with Crippen LogP contribution in [0.3, 0.4) is 0 Å². The number of nitrogens with zero attached hydrogens (tertiary/aromatic N) is 1. The lowest BCUT2D eigenvalue weighted by Crippen LogP contribution is -2.25. The van der Waals surface area contributed by atoms with Crippen molar-refractivity contribution in [3.05, 3.63) is 30.0 Å². The number of hydrogen-bond acceptors (Lipinski definition) is 3. The molecule has 18 heavy (non-hydrogen) atoms. The quantitative estimate of drug-likeness (QED) is 0.883. The van der Waals surface area contributed by atoms with Gasteiger partial charge in [0.05, 0.1) is 0 Å². The van der Waals surface area contributed by atoms with Gasteiger partial charge in [0.1, 0.15) is 5.58 Å². The van der Waals surface area contributed by atoms with E-state index in [-0.39, 0.29) is 5.76 Å². The van der Waals surface area contributed by atoms with Gasteiger partial charge in [0, 0.05) is 29.7 Å². The van der Waals surface area contributed by atoms with Gasteiger partial charge in [0.15, 0.2) is 0 Å². The average Bonchev–Trinajstić information content (AvgIpc) is 2.93. The van der Waals surface area contributed by atoms with Crippen LogP contribution in [-0.2, 0) is 0 Å². The first-order valence-electron chi connectivity index (χ1n) is 6.18. The number of rotatable bonds is 2. The van der Waals surface area contributed by atoms with Crippen LogP contribution in [0.1, 0.15) is 30.3 Å². The van der Waals surface area contributed by atoms with Crippen molar-refractivity contribution < 1.29 is 14.3 Å². The van der Waals surface area contributed by atoms with Crippen LogP contribution in [0.25, 0.3) is 11.0 Å². The van der Waals surface area contributed by atoms with E-state index in [1.54, 1.807) is 6.07 Å². The van der Waals surface area contributed by atoms with Crippen LogP contribution in [0.2, 0.25) is 0 Å². The number of anilines is 1. The zero-order valence-electron chi connectivity index (χ0n) is 10.2. The van der Waals surface area contributed by atoms with E-state index in [2.05, 4.69) is 11.8 Å². The van der Waals surface area contributed by atoms with Crippen LogP contribution in [0.5, 0.6) is 0 Å². The van der Waals surface area contributed by atoms with E-state index in [0.717, 1.165) is 17.6 Å². The van der Waals surface area contributed by atoms with Crippen molar-refractivity contribution in [2.45, 2.75) is 25.8 Å². The second-order valence-electron chi connectivity index (χ2n) is 4.82. The Morgan fingerprint density at radius 1 is 1.44 bits per heavy atom. The standard InChI is InChI=1S/C14H15NO3/c1-9-3-2-6-15(9)11-5-4-10-7-13(14(16)17)18-12(10)8-11/h4-5,7-9H,2-3,6H2,1H3,(H,16,17). The third-order valence-corrected chi connectivity index (χ3v) is 3.60. The second-order valence-corrected chi connectivity index (χ2v) is 4.82. The Bertz CT molecular complexity index is 602. The average molecular weight is 245 g/mol. The molecular weight excluding hydrogens is 230 g/mol. The Morgan fingerprint density at radius 2 is 2.28 bits per heavy atom. The van der Waals surface area contributed by atoms with Gasteiger partial charge in [0.25, 0.3) is 0 Å². The number of fused-ring (bicyclic) bond motifs is 1. The van der Waals surface area contributed by atoms with Gasteiger partial charge < -0.3 is 14.4 Å². The van der Waals surface area contributed by atoms with Gasteiger partial charge in [-0.3, -0.25) is 0 Å². The molecule has 3 rings (SSSR count). The lowest BCUT2D eigenvalue weighted by Gasteiger charge is -2.23. The van der Waals surface area contributed by atoms with Gasteiger partial charge in [0.2, 0.25) is 5.76 Å². The Kier molecular flexibility index (Phi) is 2.51. The molecule has 1 aliphatic rings. The van der Waals surface area contributed by atoms with Gasteiger partial charge in [-0.15, -0.1) is 0 Å². The van der Waals surface area contributed by atoms with Crippen LogP contribution in [-0.4, -0.2) is 23.7 Å².